The predicted octanol–water partition coefficient (Wildman–Crippen LogP) is 8.16. The minimum Gasteiger partial charge on any atom is -0.427 e. The standard InChI is InChI=1S/C72H70O18Si10/c1-58(73)76-63-49-45-60(46-50-63)53-55-91(3)79-95(66-33-17-7-18-34-66)75-57-93-72(62-29-13-5-14-30-62)78-96(83-93,67-35-19-8-20-36-67)80-92(4,56-54-61-47-51-64(52-48-61)77-59(2)74)82-98(69-39-23-10-24-40-69)88-99(84-93,70-41-25-11-26-42-70)87-97(81-91,68-37-21-9-22-38-68)89-100(90-98,71-43-27-12-28-44-71)86-94(72,85-95)65-31-15-6-16-32-65/h5-52H,53-57H2,1-4H3. The topological polar surface area (TPSA) is 182 Å². The number of carbonyl (C=O) groups excluding carboxylic acids is 2. The third-order valence-electron chi connectivity index (χ3n) is 18.6. The van der Waals surface area contributed by atoms with E-state index in [4.69, 9.17) is 67.7 Å². The maximum atomic E-state index is 12.3. The largest absolute Gasteiger partial charge is 0.520 e. The quantitative estimate of drug-likeness (QED) is 0.0513. The molecule has 7 fully saturated rings. The minimum atomic E-state index is -5.39. The van der Waals surface area contributed by atoms with E-state index in [-0.39, 0.29) is 18.3 Å². The lowest BCUT2D eigenvalue weighted by atomic mass is 10.2. The molecule has 0 radical (unpaired) electrons. The van der Waals surface area contributed by atoms with E-state index in [1.54, 1.807) is 24.3 Å². The van der Waals surface area contributed by atoms with Crippen LogP contribution in [-0.4, -0.2) is 105 Å². The molecule has 7 aliphatic rings. The van der Waals surface area contributed by atoms with Gasteiger partial charge in [-0.25, -0.2) is 0 Å². The molecule has 7 aliphatic heterocycles. The molecule has 0 N–H and O–H groups in total. The molecule has 10 aromatic carbocycles. The molecule has 0 aliphatic carbocycles. The molecular weight excluding hydrogens is 1430 g/mol. The van der Waals surface area contributed by atoms with Crippen LogP contribution in [0.4, 0.5) is 0 Å². The van der Waals surface area contributed by atoms with Crippen molar-refractivity contribution in [1.82, 2.24) is 0 Å². The first-order chi connectivity index (χ1) is 48.5. The summed E-state index contributed by atoms with van der Waals surface area (Å²) < 4.78 is 133. The number of esters is 2. The Labute approximate surface area is 590 Å². The molecule has 7 saturated heterocycles. The van der Waals surface area contributed by atoms with Gasteiger partial charge in [0.15, 0.2) is 4.85 Å². The average Bonchev–Trinajstić information content (AvgIpc) is 1.43. The zero-order chi connectivity index (χ0) is 68.4. The van der Waals surface area contributed by atoms with E-state index in [1.165, 1.54) is 13.8 Å². The summed E-state index contributed by atoms with van der Waals surface area (Å²) >= 11 is 0. The second-order valence-electron chi connectivity index (χ2n) is 25.7. The maximum absolute atomic E-state index is 12.3. The highest BCUT2D eigenvalue weighted by atomic mass is 28.6. The lowest BCUT2D eigenvalue weighted by Crippen LogP contribution is -2.92. The van der Waals surface area contributed by atoms with Crippen LogP contribution >= 0.6 is 0 Å². The molecule has 506 valence electrons. The highest BCUT2D eigenvalue weighted by molar-refractivity contribution is 7.15. The van der Waals surface area contributed by atoms with Crippen LogP contribution in [-0.2, 0) is 85.5 Å². The van der Waals surface area contributed by atoms with Crippen molar-refractivity contribution in [3.8, 4) is 11.5 Å². The fourth-order valence-corrected chi connectivity index (χ4v) is 75.1. The van der Waals surface area contributed by atoms with Gasteiger partial charge in [0.1, 0.15) is 11.5 Å². The highest BCUT2D eigenvalue weighted by Crippen LogP contribution is 2.60. The molecular formula is C72H70O18Si10. The van der Waals surface area contributed by atoms with Crippen molar-refractivity contribution in [2.24, 2.45) is 0 Å². The van der Waals surface area contributed by atoms with Crippen LogP contribution < -0.4 is 45.8 Å². The van der Waals surface area contributed by atoms with Crippen LogP contribution in [0.2, 0.25) is 25.2 Å². The Kier molecular flexibility index (Phi) is 17.6. The summed E-state index contributed by atoms with van der Waals surface area (Å²) in [6, 6.07) is 93.9. The smallest absolute Gasteiger partial charge is 0.427 e. The number of hydrogen-bond donors (Lipinski definition) is 0. The summed E-state index contributed by atoms with van der Waals surface area (Å²) in [4.78, 5) is 22.5. The van der Waals surface area contributed by atoms with Crippen LogP contribution in [0.1, 0.15) is 30.5 Å². The summed E-state index contributed by atoms with van der Waals surface area (Å²) in [6.45, 7) is 6.82. The van der Waals surface area contributed by atoms with Crippen LogP contribution in [0.5, 0.6) is 11.5 Å². The normalized spacial score (nSPS) is 31.9. The van der Waals surface area contributed by atoms with Crippen LogP contribution in [0.15, 0.2) is 291 Å². The van der Waals surface area contributed by atoms with Gasteiger partial charge >= 0.3 is 99.0 Å². The molecule has 28 heteroatoms. The fraction of sp³-hybridized carbons (Fsp3) is 0.139. The molecule has 0 saturated carbocycles. The van der Waals surface area contributed by atoms with Crippen LogP contribution in [0, 0.1) is 0 Å². The van der Waals surface area contributed by atoms with Crippen molar-refractivity contribution in [3.63, 3.8) is 0 Å². The van der Waals surface area contributed by atoms with Gasteiger partial charge in [-0.3, -0.25) is 9.59 Å². The molecule has 0 amide bonds. The summed E-state index contributed by atoms with van der Waals surface area (Å²) in [5.74, 6) is -0.0548. The van der Waals surface area contributed by atoms with E-state index in [2.05, 4.69) is 0 Å². The first kappa shape index (κ1) is 67.2. The molecule has 0 aromatic heterocycles. The van der Waals surface area contributed by atoms with Crippen molar-refractivity contribution >= 4 is 135 Å². The monoisotopic (exact) mass is 1500 g/mol. The molecule has 17 rings (SSSR count). The maximum Gasteiger partial charge on any atom is 0.520 e. The molecule has 11 atom stereocenters. The fourth-order valence-electron chi connectivity index (χ4n) is 14.2. The zero-order valence-electron chi connectivity index (χ0n) is 55.1. The van der Waals surface area contributed by atoms with Crippen LogP contribution in [0.25, 0.3) is 0 Å². The Morgan fingerprint density at radius 3 is 1.00 bits per heavy atom. The molecule has 18 nitrogen and oxygen atoms in total. The molecule has 7 heterocycles. The number of fused-ring (bicyclic) bond motifs is 2. The Morgan fingerprint density at radius 1 is 0.330 bits per heavy atom. The van der Waals surface area contributed by atoms with E-state index in [0.717, 1.165) is 11.1 Å². The number of aryl methyl sites for hydroxylation is 2. The lowest BCUT2D eigenvalue weighted by Gasteiger charge is -2.59. The molecule has 1 spiro atoms. The SMILES string of the molecule is CC(=O)Oc1ccc(CC[Si]2(C)O[Si]3(c4ccccc4)O[Si]4(c5ccccc5)O[Si]5(c6ccccc6)O[Si](C)(CCc6ccc(OC(C)=O)cc6)O[Si]6(c7ccccc7)OC[Si]7(O[Si](c8ccccc8)(OC7(c7ccccc7)[Si](c7ccccc7)(O6)O[Si](c6ccccc6)(O3)O5)O2)O4)cc1. The van der Waals surface area contributed by atoms with Gasteiger partial charge in [-0.05, 0) is 84.2 Å². The second-order valence-corrected chi connectivity index (χ2v) is 57.2. The van der Waals surface area contributed by atoms with Gasteiger partial charge in [-0.1, -0.05) is 267 Å². The number of ether oxygens (including phenoxy) is 2. The summed E-state index contributed by atoms with van der Waals surface area (Å²) in [7, 11) is -49.9. The van der Waals surface area contributed by atoms with E-state index in [1.807, 2.05) is 280 Å². The van der Waals surface area contributed by atoms with E-state index in [9.17, 15) is 9.59 Å². The molecule has 8 bridgehead atoms. The third kappa shape index (κ3) is 11.9. The Bertz CT molecular complexity index is 4450. The number of hydrogen-bond acceptors (Lipinski definition) is 18. The van der Waals surface area contributed by atoms with Crippen molar-refractivity contribution < 1.29 is 77.3 Å². The summed E-state index contributed by atoms with van der Waals surface area (Å²) in [5, 5.41) is 3.80. The van der Waals surface area contributed by atoms with Crippen molar-refractivity contribution in [3.05, 3.63) is 308 Å². The van der Waals surface area contributed by atoms with Gasteiger partial charge in [-0.2, -0.15) is 0 Å². The van der Waals surface area contributed by atoms with E-state index in [0.29, 0.717) is 66.2 Å². The van der Waals surface area contributed by atoms with E-state index < -0.39 is 104 Å². The van der Waals surface area contributed by atoms with Gasteiger partial charge in [-0.15, -0.1) is 0 Å². The Balaban J connectivity index is 1.10. The Hall–Kier alpha value is -7.25. The van der Waals surface area contributed by atoms with Crippen LogP contribution in [0.3, 0.4) is 0 Å². The van der Waals surface area contributed by atoms with Gasteiger partial charge in [0.25, 0.3) is 0 Å². The highest BCUT2D eigenvalue weighted by Gasteiger charge is 2.93. The van der Waals surface area contributed by atoms with E-state index >= 15 is 0 Å². The third-order valence-corrected chi connectivity index (χ3v) is 64.5. The van der Waals surface area contributed by atoms with Gasteiger partial charge in [0, 0.05) is 45.0 Å². The first-order valence-corrected chi connectivity index (χ1v) is 52.5. The minimum absolute atomic E-state index is 0.241. The molecule has 100 heavy (non-hydrogen) atoms. The average molecular weight is 1500 g/mol. The van der Waals surface area contributed by atoms with Crippen molar-refractivity contribution in [1.29, 1.82) is 0 Å². The number of benzene rings is 10. The number of carbonyl (C=O) groups is 2. The predicted molar refractivity (Wildman–Crippen MR) is 393 cm³/mol. The Morgan fingerprint density at radius 2 is 0.620 bits per heavy atom. The summed E-state index contributed by atoms with van der Waals surface area (Å²) in [6.07, 6.45) is 0.403. The lowest BCUT2D eigenvalue weighted by molar-refractivity contribution is -0.132. The van der Waals surface area contributed by atoms with Gasteiger partial charge in [0.05, 0.1) is 6.23 Å². The van der Waals surface area contributed by atoms with Crippen molar-refractivity contribution in [2.45, 2.75) is 56.7 Å². The van der Waals surface area contributed by atoms with Gasteiger partial charge < -0.3 is 67.7 Å². The second kappa shape index (κ2) is 26.2. The number of rotatable bonds is 16. The van der Waals surface area contributed by atoms with Gasteiger partial charge in [0.2, 0.25) is 0 Å². The molecule has 11 unspecified atom stereocenters. The first-order valence-electron chi connectivity index (χ1n) is 33.2. The zero-order valence-corrected chi connectivity index (χ0v) is 65.1. The summed E-state index contributed by atoms with van der Waals surface area (Å²) in [5.41, 5.74) is 2.36. The van der Waals surface area contributed by atoms with Crippen molar-refractivity contribution in [2.75, 3.05) is 6.23 Å². The molecule has 10 aromatic rings.